The number of hydrogen-bond acceptors (Lipinski definition) is 6. The molecule has 0 saturated carbocycles. The van der Waals surface area contributed by atoms with Gasteiger partial charge in [-0.25, -0.2) is 0 Å². The average Bonchev–Trinajstić information content (AvgIpc) is 2.87. The molecule has 0 aliphatic carbocycles. The first-order valence-corrected chi connectivity index (χ1v) is 8.96. The van der Waals surface area contributed by atoms with E-state index in [2.05, 4.69) is 42.2 Å². The Morgan fingerprint density at radius 3 is 2.58 bits per heavy atom. The summed E-state index contributed by atoms with van der Waals surface area (Å²) in [5, 5.41) is 8.22. The van der Waals surface area contributed by atoms with Gasteiger partial charge in [-0.3, -0.25) is 0 Å². The number of hydrogen-bond donors (Lipinski definition) is 1. The molecule has 0 aliphatic heterocycles. The number of aromatic nitrogens is 2. The van der Waals surface area contributed by atoms with Crippen molar-refractivity contribution in [2.75, 3.05) is 12.0 Å². The lowest BCUT2D eigenvalue weighted by molar-refractivity contribution is 0.827. The van der Waals surface area contributed by atoms with Crippen molar-refractivity contribution in [3.63, 3.8) is 0 Å². The summed E-state index contributed by atoms with van der Waals surface area (Å²) in [6.07, 6.45) is 2.01. The maximum atomic E-state index is 6.23. The third-order valence-corrected chi connectivity index (χ3v) is 6.06. The van der Waals surface area contributed by atoms with Gasteiger partial charge in [-0.15, -0.1) is 10.2 Å². The van der Waals surface area contributed by atoms with Crippen molar-refractivity contribution >= 4 is 34.9 Å². The SMILES string of the molecule is CSc1nnc(SCC(N)c2ccc(C)c(C)c2)s1. The molecule has 1 aromatic carbocycles. The molecule has 0 saturated heterocycles. The van der Waals surface area contributed by atoms with Gasteiger partial charge in [0.05, 0.1) is 0 Å². The summed E-state index contributed by atoms with van der Waals surface area (Å²) < 4.78 is 1.99. The maximum absolute atomic E-state index is 6.23. The van der Waals surface area contributed by atoms with Crippen LogP contribution in [0.15, 0.2) is 26.9 Å². The zero-order valence-electron chi connectivity index (χ0n) is 11.2. The second-order valence-corrected chi connectivity index (χ2v) is 7.60. The van der Waals surface area contributed by atoms with Crippen LogP contribution in [0, 0.1) is 13.8 Å². The number of rotatable bonds is 5. The molecule has 0 amide bonds. The smallest absolute Gasteiger partial charge is 0.175 e. The molecule has 6 heteroatoms. The van der Waals surface area contributed by atoms with E-state index in [1.165, 1.54) is 16.7 Å². The van der Waals surface area contributed by atoms with Crippen LogP contribution in [0.1, 0.15) is 22.7 Å². The number of nitrogens with two attached hydrogens (primary N) is 1. The van der Waals surface area contributed by atoms with Gasteiger partial charge < -0.3 is 5.73 Å². The van der Waals surface area contributed by atoms with E-state index in [-0.39, 0.29) is 6.04 Å². The van der Waals surface area contributed by atoms with Gasteiger partial charge in [-0.1, -0.05) is 53.1 Å². The van der Waals surface area contributed by atoms with Crippen LogP contribution in [-0.4, -0.2) is 22.2 Å². The molecule has 0 radical (unpaired) electrons. The maximum Gasteiger partial charge on any atom is 0.175 e. The molecule has 2 N–H and O–H groups in total. The standard InChI is InChI=1S/C13H17N3S3/c1-8-4-5-10(6-9(8)2)11(14)7-18-13-16-15-12(17-3)19-13/h4-6,11H,7,14H2,1-3H3. The van der Waals surface area contributed by atoms with Crippen LogP contribution < -0.4 is 5.73 Å². The second kappa shape index (κ2) is 6.74. The molecule has 0 aliphatic rings. The van der Waals surface area contributed by atoms with Crippen molar-refractivity contribution in [1.29, 1.82) is 0 Å². The molecule has 1 heterocycles. The summed E-state index contributed by atoms with van der Waals surface area (Å²) in [5.41, 5.74) is 10.0. The average molecular weight is 312 g/mol. The van der Waals surface area contributed by atoms with Gasteiger partial charge in [0.15, 0.2) is 8.68 Å². The van der Waals surface area contributed by atoms with E-state index in [9.17, 15) is 0 Å². The molecule has 1 unspecified atom stereocenters. The Morgan fingerprint density at radius 2 is 1.95 bits per heavy atom. The van der Waals surface area contributed by atoms with Crippen molar-refractivity contribution in [1.82, 2.24) is 10.2 Å². The highest BCUT2D eigenvalue weighted by molar-refractivity contribution is 8.02. The highest BCUT2D eigenvalue weighted by Crippen LogP contribution is 2.29. The lowest BCUT2D eigenvalue weighted by Gasteiger charge is -2.12. The summed E-state index contributed by atoms with van der Waals surface area (Å²) in [7, 11) is 0. The molecule has 2 rings (SSSR count). The molecule has 1 atom stereocenters. The third-order valence-electron chi connectivity index (χ3n) is 2.91. The Kier molecular flexibility index (Phi) is 5.27. The van der Waals surface area contributed by atoms with Crippen LogP contribution in [0.3, 0.4) is 0 Å². The van der Waals surface area contributed by atoms with Gasteiger partial charge in [-0.2, -0.15) is 0 Å². The molecule has 3 nitrogen and oxygen atoms in total. The molecular formula is C13H17N3S3. The van der Waals surface area contributed by atoms with Crippen molar-refractivity contribution in [3.8, 4) is 0 Å². The topological polar surface area (TPSA) is 51.8 Å². The van der Waals surface area contributed by atoms with E-state index >= 15 is 0 Å². The van der Waals surface area contributed by atoms with Crippen LogP contribution in [0.5, 0.6) is 0 Å². The van der Waals surface area contributed by atoms with Gasteiger partial charge >= 0.3 is 0 Å². The monoisotopic (exact) mass is 311 g/mol. The fourth-order valence-electron chi connectivity index (χ4n) is 1.59. The minimum atomic E-state index is 0.0333. The van der Waals surface area contributed by atoms with Gasteiger partial charge in [0, 0.05) is 11.8 Å². The summed E-state index contributed by atoms with van der Waals surface area (Å²) in [5.74, 6) is 0.825. The fraction of sp³-hybridized carbons (Fsp3) is 0.385. The molecule has 102 valence electrons. The molecule has 0 bridgehead atoms. The predicted octanol–water partition coefficient (Wildman–Crippen LogP) is 3.67. The normalized spacial score (nSPS) is 12.6. The van der Waals surface area contributed by atoms with Gasteiger partial charge in [-0.05, 0) is 36.8 Å². The fourth-order valence-corrected chi connectivity index (χ4v) is 4.04. The number of aryl methyl sites for hydroxylation is 2. The number of thioether (sulfide) groups is 2. The zero-order valence-corrected chi connectivity index (χ0v) is 13.7. The van der Waals surface area contributed by atoms with E-state index in [0.29, 0.717) is 0 Å². The summed E-state index contributed by atoms with van der Waals surface area (Å²) in [4.78, 5) is 0. The third kappa shape index (κ3) is 3.95. The first kappa shape index (κ1) is 14.8. The highest BCUT2D eigenvalue weighted by atomic mass is 32.2. The van der Waals surface area contributed by atoms with Gasteiger partial charge in [0.2, 0.25) is 0 Å². The minimum absolute atomic E-state index is 0.0333. The minimum Gasteiger partial charge on any atom is -0.323 e. The predicted molar refractivity (Wildman–Crippen MR) is 85.3 cm³/mol. The van der Waals surface area contributed by atoms with E-state index in [0.717, 1.165) is 14.4 Å². The first-order chi connectivity index (χ1) is 9.10. The van der Waals surface area contributed by atoms with Crippen LogP contribution in [0.25, 0.3) is 0 Å². The Bertz CT molecular complexity index is 554. The molecule has 0 fully saturated rings. The van der Waals surface area contributed by atoms with E-state index in [1.54, 1.807) is 34.9 Å². The Balaban J connectivity index is 1.96. The quantitative estimate of drug-likeness (QED) is 0.854. The van der Waals surface area contributed by atoms with Crippen molar-refractivity contribution in [3.05, 3.63) is 34.9 Å². The summed E-state index contributed by atoms with van der Waals surface area (Å²) in [6, 6.07) is 6.45. The molecule has 2 aromatic rings. The lowest BCUT2D eigenvalue weighted by atomic mass is 10.0. The largest absolute Gasteiger partial charge is 0.323 e. The van der Waals surface area contributed by atoms with Crippen molar-refractivity contribution < 1.29 is 0 Å². The Morgan fingerprint density at radius 1 is 1.21 bits per heavy atom. The summed E-state index contributed by atoms with van der Waals surface area (Å²) >= 11 is 4.92. The van der Waals surface area contributed by atoms with E-state index in [1.807, 2.05) is 6.26 Å². The van der Waals surface area contributed by atoms with Gasteiger partial charge in [0.25, 0.3) is 0 Å². The Labute approximate surface area is 126 Å². The summed E-state index contributed by atoms with van der Waals surface area (Å²) in [6.45, 7) is 4.23. The highest BCUT2D eigenvalue weighted by Gasteiger charge is 2.10. The van der Waals surface area contributed by atoms with E-state index < -0.39 is 0 Å². The lowest BCUT2D eigenvalue weighted by Crippen LogP contribution is -2.13. The van der Waals surface area contributed by atoms with Gasteiger partial charge in [0.1, 0.15) is 0 Å². The Hall–Kier alpha value is -0.560. The number of nitrogens with zero attached hydrogens (tertiary/aromatic N) is 2. The second-order valence-electron chi connectivity index (χ2n) is 4.30. The molecule has 19 heavy (non-hydrogen) atoms. The molecule has 0 spiro atoms. The van der Waals surface area contributed by atoms with Crippen LogP contribution >= 0.6 is 34.9 Å². The van der Waals surface area contributed by atoms with Crippen molar-refractivity contribution in [2.24, 2.45) is 5.73 Å². The van der Waals surface area contributed by atoms with Crippen LogP contribution in [-0.2, 0) is 0 Å². The van der Waals surface area contributed by atoms with Crippen LogP contribution in [0.4, 0.5) is 0 Å². The zero-order chi connectivity index (χ0) is 13.8. The first-order valence-electron chi connectivity index (χ1n) is 5.93. The van der Waals surface area contributed by atoms with Crippen molar-refractivity contribution in [2.45, 2.75) is 28.6 Å². The molecular weight excluding hydrogens is 294 g/mol. The number of benzene rings is 1. The van der Waals surface area contributed by atoms with Crippen LogP contribution in [0.2, 0.25) is 0 Å². The molecule has 1 aromatic heterocycles. The van der Waals surface area contributed by atoms with E-state index in [4.69, 9.17) is 5.73 Å².